The van der Waals surface area contributed by atoms with E-state index >= 15 is 0 Å². The second-order valence-electron chi connectivity index (χ2n) is 2.23. The lowest BCUT2D eigenvalue weighted by Gasteiger charge is -1.99. The van der Waals surface area contributed by atoms with Gasteiger partial charge in [0.15, 0.2) is 0 Å². The van der Waals surface area contributed by atoms with E-state index in [0.717, 1.165) is 5.69 Å². The van der Waals surface area contributed by atoms with Gasteiger partial charge in [-0.3, -0.25) is 9.78 Å². The van der Waals surface area contributed by atoms with E-state index in [1.165, 1.54) is 6.92 Å². The zero-order valence-electron chi connectivity index (χ0n) is 6.50. The standard InChI is InChI=1S/C8H9NO2/c1-6-5-8(3-4-9-6)11-7(2)10/h3-5H,1-2H3. The minimum Gasteiger partial charge on any atom is -0.427 e. The quantitative estimate of drug-likeness (QED) is 0.568. The van der Waals surface area contributed by atoms with Crippen LogP contribution in [0.3, 0.4) is 0 Å². The predicted molar refractivity (Wildman–Crippen MR) is 40.3 cm³/mol. The second-order valence-corrected chi connectivity index (χ2v) is 2.23. The highest BCUT2D eigenvalue weighted by Gasteiger charge is 1.96. The van der Waals surface area contributed by atoms with Gasteiger partial charge in [-0.05, 0) is 13.0 Å². The average molecular weight is 151 g/mol. The number of hydrogen-bond donors (Lipinski definition) is 0. The molecule has 0 spiro atoms. The lowest BCUT2D eigenvalue weighted by molar-refractivity contribution is -0.131. The molecule has 0 radical (unpaired) electrons. The Hall–Kier alpha value is -1.38. The van der Waals surface area contributed by atoms with Gasteiger partial charge in [0.05, 0.1) is 0 Å². The van der Waals surface area contributed by atoms with Crippen molar-refractivity contribution in [1.29, 1.82) is 0 Å². The van der Waals surface area contributed by atoms with Gasteiger partial charge in [0.2, 0.25) is 0 Å². The summed E-state index contributed by atoms with van der Waals surface area (Å²) in [6.07, 6.45) is 1.60. The number of carbonyl (C=O) groups excluding carboxylic acids is 1. The van der Waals surface area contributed by atoms with Crippen molar-refractivity contribution in [2.75, 3.05) is 0 Å². The lowest BCUT2D eigenvalue weighted by atomic mass is 10.4. The van der Waals surface area contributed by atoms with Gasteiger partial charge in [0, 0.05) is 24.9 Å². The maximum Gasteiger partial charge on any atom is 0.308 e. The summed E-state index contributed by atoms with van der Waals surface area (Å²) in [6, 6.07) is 3.36. The summed E-state index contributed by atoms with van der Waals surface area (Å²) in [6.45, 7) is 3.21. The highest BCUT2D eigenvalue weighted by Crippen LogP contribution is 2.09. The van der Waals surface area contributed by atoms with E-state index in [0.29, 0.717) is 5.75 Å². The molecular formula is C8H9NO2. The normalized spacial score (nSPS) is 9.27. The minimum absolute atomic E-state index is 0.310. The Morgan fingerprint density at radius 3 is 2.91 bits per heavy atom. The zero-order valence-corrected chi connectivity index (χ0v) is 6.50. The van der Waals surface area contributed by atoms with E-state index in [9.17, 15) is 4.79 Å². The van der Waals surface area contributed by atoms with Crippen molar-refractivity contribution in [1.82, 2.24) is 4.98 Å². The van der Waals surface area contributed by atoms with Crippen LogP contribution in [0.15, 0.2) is 18.3 Å². The van der Waals surface area contributed by atoms with E-state index in [1.54, 1.807) is 18.3 Å². The Kier molecular flexibility index (Phi) is 2.21. The minimum atomic E-state index is -0.310. The van der Waals surface area contributed by atoms with Crippen LogP contribution in [0, 0.1) is 6.92 Å². The molecule has 0 atom stereocenters. The fraction of sp³-hybridized carbons (Fsp3) is 0.250. The molecule has 0 aliphatic heterocycles. The first kappa shape index (κ1) is 7.72. The van der Waals surface area contributed by atoms with E-state index in [1.807, 2.05) is 6.92 Å². The fourth-order valence-corrected chi connectivity index (χ4v) is 0.749. The highest BCUT2D eigenvalue weighted by atomic mass is 16.5. The summed E-state index contributed by atoms with van der Waals surface area (Å²) in [4.78, 5) is 14.4. The Morgan fingerprint density at radius 2 is 2.36 bits per heavy atom. The highest BCUT2D eigenvalue weighted by molar-refractivity contribution is 5.69. The van der Waals surface area contributed by atoms with Crippen LogP contribution < -0.4 is 4.74 Å². The number of aromatic nitrogens is 1. The van der Waals surface area contributed by atoms with Crippen LogP contribution in [-0.4, -0.2) is 11.0 Å². The first-order chi connectivity index (χ1) is 5.18. The van der Waals surface area contributed by atoms with Crippen molar-refractivity contribution in [3.8, 4) is 5.75 Å². The molecule has 11 heavy (non-hydrogen) atoms. The molecular weight excluding hydrogens is 142 g/mol. The van der Waals surface area contributed by atoms with Crippen LogP contribution in [0.2, 0.25) is 0 Å². The van der Waals surface area contributed by atoms with E-state index in [-0.39, 0.29) is 5.97 Å². The molecule has 0 unspecified atom stereocenters. The number of ether oxygens (including phenoxy) is 1. The molecule has 0 saturated carbocycles. The Labute approximate surface area is 65.0 Å². The van der Waals surface area contributed by atoms with Crippen LogP contribution in [0.5, 0.6) is 5.75 Å². The fourth-order valence-electron chi connectivity index (χ4n) is 0.749. The van der Waals surface area contributed by atoms with Gasteiger partial charge in [-0.15, -0.1) is 0 Å². The number of hydrogen-bond acceptors (Lipinski definition) is 3. The predicted octanol–water partition coefficient (Wildman–Crippen LogP) is 1.32. The second kappa shape index (κ2) is 3.14. The Morgan fingerprint density at radius 1 is 1.64 bits per heavy atom. The van der Waals surface area contributed by atoms with E-state index in [2.05, 4.69) is 4.98 Å². The third-order valence-electron chi connectivity index (χ3n) is 1.13. The Balaban J connectivity index is 2.79. The molecule has 0 aromatic carbocycles. The lowest BCUT2D eigenvalue weighted by Crippen LogP contribution is -2.01. The Bertz CT molecular complexity index is 271. The molecule has 3 nitrogen and oxygen atoms in total. The van der Waals surface area contributed by atoms with Crippen LogP contribution in [0.4, 0.5) is 0 Å². The third-order valence-corrected chi connectivity index (χ3v) is 1.13. The molecule has 1 aromatic heterocycles. The third kappa shape index (κ3) is 2.37. The SMILES string of the molecule is CC(=O)Oc1ccnc(C)c1. The topological polar surface area (TPSA) is 39.2 Å². The van der Waals surface area contributed by atoms with Crippen molar-refractivity contribution in [2.24, 2.45) is 0 Å². The van der Waals surface area contributed by atoms with Crippen molar-refractivity contribution in [3.05, 3.63) is 24.0 Å². The molecule has 0 aliphatic rings. The van der Waals surface area contributed by atoms with Crippen LogP contribution in [0.1, 0.15) is 12.6 Å². The zero-order chi connectivity index (χ0) is 8.27. The number of nitrogens with zero attached hydrogens (tertiary/aromatic N) is 1. The first-order valence-corrected chi connectivity index (χ1v) is 3.29. The summed E-state index contributed by atoms with van der Waals surface area (Å²) in [5, 5.41) is 0. The molecule has 1 rings (SSSR count). The van der Waals surface area contributed by atoms with Gasteiger partial charge in [-0.1, -0.05) is 0 Å². The maximum atomic E-state index is 10.5. The monoisotopic (exact) mass is 151 g/mol. The van der Waals surface area contributed by atoms with E-state index < -0.39 is 0 Å². The number of rotatable bonds is 1. The van der Waals surface area contributed by atoms with Crippen molar-refractivity contribution in [2.45, 2.75) is 13.8 Å². The molecule has 1 heterocycles. The van der Waals surface area contributed by atoms with Gasteiger partial charge < -0.3 is 4.74 Å². The molecule has 0 N–H and O–H groups in total. The van der Waals surface area contributed by atoms with Crippen molar-refractivity contribution in [3.63, 3.8) is 0 Å². The van der Waals surface area contributed by atoms with Gasteiger partial charge in [0.1, 0.15) is 5.75 Å². The summed E-state index contributed by atoms with van der Waals surface area (Å²) in [5.41, 5.74) is 0.837. The van der Waals surface area contributed by atoms with Crippen LogP contribution >= 0.6 is 0 Å². The largest absolute Gasteiger partial charge is 0.427 e. The molecule has 0 aliphatic carbocycles. The number of carbonyl (C=O) groups is 1. The summed E-state index contributed by atoms with van der Waals surface area (Å²) >= 11 is 0. The number of esters is 1. The summed E-state index contributed by atoms with van der Waals surface area (Å²) < 4.78 is 4.82. The summed E-state index contributed by atoms with van der Waals surface area (Å²) in [7, 11) is 0. The molecule has 3 heteroatoms. The average Bonchev–Trinajstić information content (AvgIpc) is 1.85. The summed E-state index contributed by atoms with van der Waals surface area (Å²) in [5.74, 6) is 0.237. The van der Waals surface area contributed by atoms with Gasteiger partial charge in [-0.2, -0.15) is 0 Å². The molecule has 1 aromatic rings. The first-order valence-electron chi connectivity index (χ1n) is 3.29. The van der Waals surface area contributed by atoms with Crippen molar-refractivity contribution >= 4 is 5.97 Å². The van der Waals surface area contributed by atoms with E-state index in [4.69, 9.17) is 4.74 Å². The van der Waals surface area contributed by atoms with Crippen LogP contribution in [0.25, 0.3) is 0 Å². The van der Waals surface area contributed by atoms with Crippen LogP contribution in [-0.2, 0) is 4.79 Å². The molecule has 0 saturated heterocycles. The maximum absolute atomic E-state index is 10.5. The van der Waals surface area contributed by atoms with Gasteiger partial charge in [0.25, 0.3) is 0 Å². The molecule has 0 amide bonds. The number of aryl methyl sites for hydroxylation is 1. The van der Waals surface area contributed by atoms with Crippen molar-refractivity contribution < 1.29 is 9.53 Å². The molecule has 0 bridgehead atoms. The molecule has 0 fully saturated rings. The molecule has 58 valence electrons. The van der Waals surface area contributed by atoms with Gasteiger partial charge >= 0.3 is 5.97 Å². The number of pyridine rings is 1. The smallest absolute Gasteiger partial charge is 0.308 e. The van der Waals surface area contributed by atoms with Gasteiger partial charge in [-0.25, -0.2) is 0 Å².